The number of carbonyl (C=O) groups excluding carboxylic acids is 8. The van der Waals surface area contributed by atoms with Crippen molar-refractivity contribution >= 4 is 127 Å². The Labute approximate surface area is 876 Å². The summed E-state index contributed by atoms with van der Waals surface area (Å²) in [6.07, 6.45) is 31.7. The third-order valence-corrected chi connectivity index (χ3v) is 45.8. The lowest BCUT2D eigenvalue weighted by atomic mass is 9.46. The van der Waals surface area contributed by atoms with Gasteiger partial charge in [-0.2, -0.15) is 0 Å². The normalized spacial score (nSPS) is 42.5. The van der Waals surface area contributed by atoms with Gasteiger partial charge >= 0.3 is 0 Å². The molecule has 0 amide bonds. The molecule has 32 atom stereocenters. The Morgan fingerprint density at radius 3 is 1.22 bits per heavy atom. The molecule has 12 saturated carbocycles. The standard InChI is InChI=1S/C32H38N2O5S.C29H35NO5S.C29H33NO5S.C27H35NO4S2/c1-29(2)38-26-15-21-20-11-10-18-14-19(35)12-13-30(18,3)27(20)24(36)16-31(21,4)32(26,39-29)25(37)17-40-28-33-22-8-6-7-9-23(22)34(28)5;1-26(2)34-23-14-20-19-9-8-17-13-18(31)10-11-27(17,3)25(19)21(32)15-28(20,4)29(23,35-26)22(33)16-36-24-7-5-6-12-30-24;1-16-12-20-19-9-8-17-13-18(31)10-11-27(17,2)25(19)22(32)14-28(20,3)29(16,34)24(33)15-36-26-30-21-6-4-5-7-23(21)35-26;1-14-10-20-19-7-6-17-11-18(29)8-9-25(17,4)23(19)21(30)12-26(20,5)27(14,32)22(31)13-33-24-28-15(2)16(3)34-24/h6-9,12-14,20-21,24,26-27,36H,10-11,15-17H2,1-5H3;5-7,10-13,19-21,23,25,32H,8-9,14-16H2,1-4H3;4-7,10-11,13,16,19-20,22,25,32,34H,8-9,12,14-15H2,1-3H3;8-9,11,14,19-21,23,30,32H,6-7,10,12-13H2,1-5H3/t20?,21?,24-,26+,27?,30?,31?,32+;19?,20?,21-,23+,25?,27?,28?,29+;16-,19?,20?,22+,25?,27?,28?,29+;14-,19?,20?,21+,23?,25?,26?,27+/m0011/s1. The monoisotopic (exact) mass is 2080 g/mol. The number of aryl methyl sites for hydroxylation is 3. The predicted octanol–water partition coefficient (Wildman–Crippen LogP) is 19.0. The molecule has 4 aromatic heterocycles. The van der Waals surface area contributed by atoms with Crippen LogP contribution in [0.1, 0.15) is 210 Å². The van der Waals surface area contributed by atoms with E-state index in [1.54, 1.807) is 66.1 Å². The molecule has 2 saturated heterocycles. The van der Waals surface area contributed by atoms with Crippen molar-refractivity contribution in [2.75, 3.05) is 23.0 Å². The average Bonchev–Trinajstić information content (AvgIpc) is 1.51. The lowest BCUT2D eigenvalue weighted by Crippen LogP contribution is -2.63. The maximum atomic E-state index is 14.5. The first-order valence-corrected chi connectivity index (χ1v) is 57.6. The van der Waals surface area contributed by atoms with Crippen LogP contribution in [-0.2, 0) is 64.4 Å². The van der Waals surface area contributed by atoms with Gasteiger partial charge in [-0.25, -0.2) is 19.9 Å². The number of fused-ring (bicyclic) bond motifs is 26. The summed E-state index contributed by atoms with van der Waals surface area (Å²) in [5.74, 6) is -0.277. The Morgan fingerprint density at radius 1 is 0.445 bits per heavy atom. The number of Topliss-reactive ketones (excluding diaryl/α,β-unsaturated/α-hetero) is 4. The molecule has 24 nitrogen and oxygen atoms in total. The van der Waals surface area contributed by atoms with Gasteiger partial charge in [0.25, 0.3) is 5.22 Å². The molecule has 778 valence electrons. The number of carbonyl (C=O) groups is 8. The Kier molecular flexibility index (Phi) is 26.3. The Balaban J connectivity index is 0.000000115. The summed E-state index contributed by atoms with van der Waals surface area (Å²) in [5.41, 5.74) is -0.382. The van der Waals surface area contributed by atoms with E-state index in [2.05, 4.69) is 56.5 Å². The van der Waals surface area contributed by atoms with Gasteiger partial charge in [-0.3, -0.25) is 38.4 Å². The van der Waals surface area contributed by atoms with Crippen LogP contribution in [-0.4, -0.2) is 195 Å². The van der Waals surface area contributed by atoms with Gasteiger partial charge in [-0.05, 0) is 288 Å². The summed E-state index contributed by atoms with van der Waals surface area (Å²) in [4.78, 5) is 124. The number of aliphatic hydroxyl groups is 6. The van der Waals surface area contributed by atoms with Gasteiger partial charge in [0, 0.05) is 85.1 Å². The number of nitrogens with zero attached hydrogens (tertiary/aromatic N) is 5. The molecule has 16 aliphatic carbocycles. The fraction of sp³-hybridized carbons (Fsp3) is 0.607. The van der Waals surface area contributed by atoms with Gasteiger partial charge in [0.05, 0.1) is 81.4 Å². The van der Waals surface area contributed by atoms with E-state index < -0.39 is 80.1 Å². The average molecular weight is 2080 g/mol. The number of oxazole rings is 1. The van der Waals surface area contributed by atoms with Crippen LogP contribution in [0.5, 0.6) is 0 Å². The molecule has 2 aliphatic heterocycles. The molecule has 20 unspecified atom stereocenters. The van der Waals surface area contributed by atoms with Gasteiger partial charge in [-0.1, -0.05) is 193 Å². The second kappa shape index (κ2) is 36.9. The van der Waals surface area contributed by atoms with Crippen molar-refractivity contribution in [2.24, 2.45) is 133 Å². The molecule has 18 aliphatic rings. The van der Waals surface area contributed by atoms with Crippen LogP contribution >= 0.6 is 58.4 Å². The summed E-state index contributed by atoms with van der Waals surface area (Å²) in [7, 11) is 1.98. The second-order valence-corrected chi connectivity index (χ2v) is 54.1. The number of hydrogen-bond acceptors (Lipinski definition) is 28. The zero-order chi connectivity index (χ0) is 104. The Morgan fingerprint density at radius 2 is 0.822 bits per heavy atom. The SMILES string of the molecule is CC1(C)O[C@@H]2CC3C4CCC5=CC(=O)C=CC5(C)C4[C@@H](O)CC3(C)[C@]2(C(=O)CSc2ccccn2)O1.C[C@@H]1CC2C3CCC4=CC(=O)C=CC4(C)C3[C@@H](O)CC2(C)[C@@]1(O)C(=O)CSc1nc2ccccc2o1.Cc1nc(SCC(=O)[C@@]2(O)[C@H](C)CC3C4CCC5=CC(=O)C=CC5(C)C4[C@@H](O)CC32C)sc1C.Cn1c(SCC(=O)[C@@]23OC(C)(C)O[C@@H]2CC2C4CCC5=CC(=O)C=CC5(C)C4[C@@H](O)CC23C)nc2ccccc21. The van der Waals surface area contributed by atoms with Crippen LogP contribution in [0.3, 0.4) is 0 Å². The number of ketones is 8. The summed E-state index contributed by atoms with van der Waals surface area (Å²) >= 11 is 7.09. The molecular weight excluding hydrogens is 1940 g/mol. The van der Waals surface area contributed by atoms with E-state index in [0.29, 0.717) is 36.5 Å². The molecule has 146 heavy (non-hydrogen) atoms. The van der Waals surface area contributed by atoms with Gasteiger partial charge in [-0.15, -0.1) is 11.3 Å². The highest BCUT2D eigenvalue weighted by molar-refractivity contribution is 8.01. The zero-order valence-corrected chi connectivity index (χ0v) is 90.9. The smallest absolute Gasteiger partial charge is 0.257 e. The molecule has 0 spiro atoms. The quantitative estimate of drug-likeness (QED) is 0.0490. The van der Waals surface area contributed by atoms with Gasteiger partial charge in [0.2, 0.25) is 0 Å². The highest BCUT2D eigenvalue weighted by Crippen LogP contribution is 2.76. The molecule has 6 heterocycles. The minimum atomic E-state index is -1.53. The van der Waals surface area contributed by atoms with Crippen molar-refractivity contribution in [1.29, 1.82) is 0 Å². The largest absolute Gasteiger partial charge is 0.431 e. The molecule has 24 rings (SSSR count). The highest BCUT2D eigenvalue weighted by atomic mass is 32.2. The first-order valence-electron chi connectivity index (χ1n) is 52.9. The number of pyridine rings is 1. The molecule has 14 fully saturated rings. The fourth-order valence-corrected chi connectivity index (χ4v) is 39.0. The van der Waals surface area contributed by atoms with E-state index in [1.165, 1.54) is 47.0 Å². The van der Waals surface area contributed by atoms with E-state index >= 15 is 0 Å². The van der Waals surface area contributed by atoms with Crippen LogP contribution in [0, 0.1) is 140 Å². The summed E-state index contributed by atoms with van der Waals surface area (Å²) < 4.78 is 35.0. The van der Waals surface area contributed by atoms with Crippen molar-refractivity contribution in [3.63, 3.8) is 0 Å². The number of ether oxygens (including phenoxy) is 4. The van der Waals surface area contributed by atoms with Crippen molar-refractivity contribution < 1.29 is 92.4 Å². The summed E-state index contributed by atoms with van der Waals surface area (Å²) in [5, 5.41) is 73.0. The van der Waals surface area contributed by atoms with E-state index in [0.717, 1.165) is 141 Å². The van der Waals surface area contributed by atoms with Crippen molar-refractivity contribution in [3.05, 3.63) is 179 Å². The third-order valence-electron chi connectivity index (χ3n) is 40.8. The number of hydrogen-bond donors (Lipinski definition) is 6. The molecule has 0 radical (unpaired) electrons. The van der Waals surface area contributed by atoms with Crippen LogP contribution in [0.25, 0.3) is 22.1 Å². The minimum absolute atomic E-state index is 0.00167. The molecule has 2 aromatic carbocycles. The van der Waals surface area contributed by atoms with Crippen molar-refractivity contribution in [1.82, 2.24) is 24.5 Å². The summed E-state index contributed by atoms with van der Waals surface area (Å²) in [6.45, 7) is 32.5. The van der Waals surface area contributed by atoms with E-state index in [1.807, 2.05) is 172 Å². The lowest BCUT2D eigenvalue weighted by Gasteiger charge is -2.60. The number of aromatic nitrogens is 5. The van der Waals surface area contributed by atoms with E-state index in [4.69, 9.17) is 28.3 Å². The van der Waals surface area contributed by atoms with Gasteiger partial charge in [0.15, 0.2) is 84.1 Å². The Bertz CT molecular complexity index is 6570. The number of rotatable bonds is 16. The van der Waals surface area contributed by atoms with Gasteiger partial charge in [0.1, 0.15) is 16.7 Å². The number of para-hydroxylation sites is 4. The molecule has 6 aromatic rings. The summed E-state index contributed by atoms with van der Waals surface area (Å²) in [6, 6.07) is 21.1. The van der Waals surface area contributed by atoms with Crippen LogP contribution < -0.4 is 0 Å². The molecule has 29 heteroatoms. The van der Waals surface area contributed by atoms with Crippen LogP contribution in [0.15, 0.2) is 192 Å². The molecular formula is C117H141N5O19S5. The minimum Gasteiger partial charge on any atom is -0.431 e. The number of imidazole rings is 1. The number of thioether (sulfide) groups is 4. The number of aliphatic hydroxyl groups excluding tert-OH is 4. The molecule has 0 bridgehead atoms. The maximum Gasteiger partial charge on any atom is 0.257 e. The second-order valence-electron chi connectivity index (χ2n) is 48.8. The lowest BCUT2D eigenvalue weighted by molar-refractivity contribution is -0.223. The van der Waals surface area contributed by atoms with Crippen LogP contribution in [0.4, 0.5) is 0 Å². The molecule has 6 N–H and O–H groups in total. The van der Waals surface area contributed by atoms with Crippen molar-refractivity contribution in [3.8, 4) is 0 Å². The van der Waals surface area contributed by atoms with E-state index in [-0.39, 0.29) is 186 Å². The first-order chi connectivity index (χ1) is 68.9. The van der Waals surface area contributed by atoms with Crippen molar-refractivity contribution in [2.45, 2.75) is 304 Å². The van der Waals surface area contributed by atoms with Gasteiger partial charge < -0.3 is 58.6 Å². The third kappa shape index (κ3) is 15.9. The predicted molar refractivity (Wildman–Crippen MR) is 561 cm³/mol. The topological polar surface area (TPSA) is 364 Å². The number of allylic oxidation sites excluding steroid dienone is 16. The number of benzene rings is 2. The fourth-order valence-electron chi connectivity index (χ4n) is 34.4. The zero-order valence-electron chi connectivity index (χ0n) is 86.8. The maximum absolute atomic E-state index is 14.5. The number of thiazole rings is 1. The van der Waals surface area contributed by atoms with E-state index in [9.17, 15) is 69.0 Å². The highest BCUT2D eigenvalue weighted by Gasteiger charge is 2.80. The van der Waals surface area contributed by atoms with Crippen LogP contribution in [0.2, 0.25) is 0 Å². The Hall–Kier alpha value is -7.56. The first kappa shape index (κ1) is 104.